The van der Waals surface area contributed by atoms with Crippen molar-refractivity contribution in [1.29, 1.82) is 0 Å². The van der Waals surface area contributed by atoms with Crippen molar-refractivity contribution in [3.8, 4) is 0 Å². The lowest BCUT2D eigenvalue weighted by molar-refractivity contribution is 1.14. The number of rotatable bonds is 7. The third-order valence-electron chi connectivity index (χ3n) is 2.73. The van der Waals surface area contributed by atoms with Crippen molar-refractivity contribution in [1.82, 2.24) is 0 Å². The molecule has 0 unspecified atom stereocenters. The van der Waals surface area contributed by atoms with E-state index >= 15 is 0 Å². The van der Waals surface area contributed by atoms with Gasteiger partial charge in [0.15, 0.2) is 0 Å². The van der Waals surface area contributed by atoms with Gasteiger partial charge in [0.05, 0.1) is 10.7 Å². The van der Waals surface area contributed by atoms with Gasteiger partial charge in [0.1, 0.15) is 0 Å². The van der Waals surface area contributed by atoms with Crippen LogP contribution in [0.5, 0.6) is 0 Å². The van der Waals surface area contributed by atoms with E-state index in [0.29, 0.717) is 0 Å². The molecule has 0 aliphatic rings. The highest BCUT2D eigenvalue weighted by Gasteiger charge is 2.04. The monoisotopic (exact) mass is 310 g/mol. The van der Waals surface area contributed by atoms with Gasteiger partial charge in [-0.25, -0.2) is 0 Å². The number of nitrogens with zero attached hydrogens (tertiary/aromatic N) is 2. The van der Waals surface area contributed by atoms with E-state index in [1.54, 1.807) is 17.8 Å². The molecule has 0 heterocycles. The van der Waals surface area contributed by atoms with E-state index in [4.69, 9.17) is 0 Å². The minimum absolute atomic E-state index is 0.726. The van der Waals surface area contributed by atoms with Crippen LogP contribution in [0.3, 0.4) is 0 Å². The molecule has 0 saturated heterocycles. The SMILES string of the molecule is C=C\C=C/C(=C\C)C(=C/C(=NCC)Sc1ccccc1)/N=C. The first-order valence-electron chi connectivity index (χ1n) is 7.16. The molecule has 2 nitrogen and oxygen atoms in total. The second-order valence-corrected chi connectivity index (χ2v) is 5.35. The second-order valence-electron chi connectivity index (χ2n) is 4.25. The van der Waals surface area contributed by atoms with Crippen molar-refractivity contribution in [3.05, 3.63) is 78.6 Å². The molecule has 0 atom stereocenters. The Morgan fingerprint density at radius 3 is 2.55 bits per heavy atom. The van der Waals surface area contributed by atoms with Gasteiger partial charge in [-0.05, 0) is 44.3 Å². The van der Waals surface area contributed by atoms with Gasteiger partial charge in [-0.1, -0.05) is 60.8 Å². The Morgan fingerprint density at radius 1 is 1.27 bits per heavy atom. The average molecular weight is 310 g/mol. The van der Waals surface area contributed by atoms with Crippen LogP contribution in [0.25, 0.3) is 0 Å². The molecule has 0 N–H and O–H groups in total. The molecular formula is C19H22N2S. The molecule has 1 aromatic carbocycles. The van der Waals surface area contributed by atoms with Crippen molar-refractivity contribution >= 4 is 23.5 Å². The van der Waals surface area contributed by atoms with E-state index < -0.39 is 0 Å². The van der Waals surface area contributed by atoms with Crippen molar-refractivity contribution in [2.45, 2.75) is 18.7 Å². The summed E-state index contributed by atoms with van der Waals surface area (Å²) in [5, 5.41) is 0.919. The number of aliphatic imine (C=N–C) groups is 2. The van der Waals surface area contributed by atoms with Gasteiger partial charge in [0, 0.05) is 11.4 Å². The molecule has 0 radical (unpaired) electrons. The number of benzene rings is 1. The van der Waals surface area contributed by atoms with E-state index in [1.165, 1.54) is 0 Å². The maximum Gasteiger partial charge on any atom is 0.0973 e. The van der Waals surface area contributed by atoms with Crippen LogP contribution in [0.1, 0.15) is 13.8 Å². The highest BCUT2D eigenvalue weighted by molar-refractivity contribution is 8.14. The Balaban J connectivity index is 3.08. The molecule has 22 heavy (non-hydrogen) atoms. The lowest BCUT2D eigenvalue weighted by Gasteiger charge is -2.05. The highest BCUT2D eigenvalue weighted by atomic mass is 32.2. The maximum absolute atomic E-state index is 4.55. The van der Waals surface area contributed by atoms with Gasteiger partial charge < -0.3 is 0 Å². The summed E-state index contributed by atoms with van der Waals surface area (Å²) in [7, 11) is 0. The Morgan fingerprint density at radius 2 is 2.00 bits per heavy atom. The quantitative estimate of drug-likeness (QED) is 0.284. The molecule has 0 spiro atoms. The van der Waals surface area contributed by atoms with Gasteiger partial charge in [0.25, 0.3) is 0 Å². The Labute approximate surface area is 137 Å². The largest absolute Gasteiger partial charge is 0.278 e. The first-order chi connectivity index (χ1) is 10.7. The topological polar surface area (TPSA) is 24.7 Å². The summed E-state index contributed by atoms with van der Waals surface area (Å²) in [6.45, 7) is 12.1. The average Bonchev–Trinajstić information content (AvgIpc) is 2.55. The Kier molecular flexibility index (Phi) is 8.61. The van der Waals surface area contributed by atoms with Crippen molar-refractivity contribution in [3.63, 3.8) is 0 Å². The van der Waals surface area contributed by atoms with Crippen LogP contribution in [0, 0.1) is 0 Å². The van der Waals surface area contributed by atoms with Gasteiger partial charge in [-0.15, -0.1) is 0 Å². The van der Waals surface area contributed by atoms with Gasteiger partial charge >= 0.3 is 0 Å². The number of hydrogen-bond acceptors (Lipinski definition) is 3. The fraction of sp³-hybridized carbons (Fsp3) is 0.158. The van der Waals surface area contributed by atoms with E-state index in [-0.39, 0.29) is 0 Å². The maximum atomic E-state index is 4.55. The standard InChI is InChI=1S/C19H22N2S/c1-5-8-12-16(6-2)18(20-4)15-19(21-7-3)22-17-13-10-9-11-14-17/h5-6,8-15H,1,4,7H2,2-3H3/b12-8-,16-6+,18-15-,21-19?. The molecule has 0 aromatic heterocycles. The lowest BCUT2D eigenvalue weighted by Crippen LogP contribution is -1.93. The zero-order chi connectivity index (χ0) is 16.2. The number of hydrogen-bond donors (Lipinski definition) is 0. The van der Waals surface area contributed by atoms with Crippen molar-refractivity contribution < 1.29 is 0 Å². The molecule has 1 rings (SSSR count). The third kappa shape index (κ3) is 6.10. The van der Waals surface area contributed by atoms with Crippen LogP contribution in [0.15, 0.2) is 93.4 Å². The van der Waals surface area contributed by atoms with Crippen LogP contribution in [0.4, 0.5) is 0 Å². The molecule has 1 aromatic rings. The lowest BCUT2D eigenvalue weighted by atomic mass is 10.1. The molecule has 0 fully saturated rings. The summed E-state index contributed by atoms with van der Waals surface area (Å²) < 4.78 is 0. The summed E-state index contributed by atoms with van der Waals surface area (Å²) in [6, 6.07) is 10.2. The summed E-state index contributed by atoms with van der Waals surface area (Å²) in [6.07, 6.45) is 9.55. The molecule has 0 bridgehead atoms. The zero-order valence-electron chi connectivity index (χ0n) is 13.2. The van der Waals surface area contributed by atoms with E-state index in [1.807, 2.05) is 56.4 Å². The predicted octanol–water partition coefficient (Wildman–Crippen LogP) is 5.47. The van der Waals surface area contributed by atoms with Crippen LogP contribution >= 0.6 is 11.8 Å². The predicted molar refractivity (Wildman–Crippen MR) is 101 cm³/mol. The highest BCUT2D eigenvalue weighted by Crippen LogP contribution is 2.23. The Hall–Kier alpha value is -2.13. The van der Waals surface area contributed by atoms with E-state index in [2.05, 4.69) is 35.4 Å². The zero-order valence-corrected chi connectivity index (χ0v) is 14.0. The minimum atomic E-state index is 0.726. The number of thioether (sulfide) groups is 1. The summed E-state index contributed by atoms with van der Waals surface area (Å²) in [4.78, 5) is 9.84. The molecule has 3 heteroatoms. The molecule has 0 aliphatic heterocycles. The van der Waals surface area contributed by atoms with Crippen LogP contribution < -0.4 is 0 Å². The molecular weight excluding hydrogens is 288 g/mol. The van der Waals surface area contributed by atoms with Gasteiger partial charge in [0.2, 0.25) is 0 Å². The normalized spacial score (nSPS) is 13.5. The third-order valence-corrected chi connectivity index (χ3v) is 3.69. The fourth-order valence-electron chi connectivity index (χ4n) is 1.71. The fourth-order valence-corrected chi connectivity index (χ4v) is 2.61. The number of allylic oxidation sites excluding steroid dienone is 4. The van der Waals surface area contributed by atoms with E-state index in [9.17, 15) is 0 Å². The minimum Gasteiger partial charge on any atom is -0.278 e. The van der Waals surface area contributed by atoms with Crippen LogP contribution in [-0.2, 0) is 0 Å². The molecule has 0 saturated carbocycles. The molecule has 0 aliphatic carbocycles. The molecule has 114 valence electrons. The Bertz CT molecular complexity index is 608. The molecule has 0 amide bonds. The van der Waals surface area contributed by atoms with Crippen molar-refractivity contribution in [2.24, 2.45) is 9.98 Å². The van der Waals surface area contributed by atoms with Gasteiger partial charge in [-0.2, -0.15) is 0 Å². The van der Waals surface area contributed by atoms with E-state index in [0.717, 1.165) is 27.8 Å². The summed E-state index contributed by atoms with van der Waals surface area (Å²) in [5.74, 6) is 0. The smallest absolute Gasteiger partial charge is 0.0973 e. The van der Waals surface area contributed by atoms with Gasteiger partial charge in [-0.3, -0.25) is 9.98 Å². The van der Waals surface area contributed by atoms with Crippen LogP contribution in [-0.4, -0.2) is 18.3 Å². The summed E-state index contributed by atoms with van der Waals surface area (Å²) in [5.41, 5.74) is 1.79. The summed E-state index contributed by atoms with van der Waals surface area (Å²) >= 11 is 1.62. The first-order valence-corrected chi connectivity index (χ1v) is 7.98. The van der Waals surface area contributed by atoms with Crippen LogP contribution in [0.2, 0.25) is 0 Å². The second kappa shape index (κ2) is 10.6. The first kappa shape index (κ1) is 17.9. The van der Waals surface area contributed by atoms with Crippen molar-refractivity contribution in [2.75, 3.05) is 6.54 Å².